The summed E-state index contributed by atoms with van der Waals surface area (Å²) < 4.78 is 0.992. The van der Waals surface area contributed by atoms with E-state index in [1.165, 1.54) is 6.21 Å². The van der Waals surface area contributed by atoms with E-state index in [0.717, 1.165) is 4.74 Å². The maximum Gasteiger partial charge on any atom is 0.220 e. The summed E-state index contributed by atoms with van der Waals surface area (Å²) in [4.78, 5) is 9.73. The van der Waals surface area contributed by atoms with Crippen LogP contribution in [0.5, 0.6) is 0 Å². The SMILES string of the molecule is O=NC1C=[N+](O)CC1. The van der Waals surface area contributed by atoms with Gasteiger partial charge in [0.15, 0.2) is 12.6 Å². The molecule has 8 heavy (non-hydrogen) atoms. The summed E-state index contributed by atoms with van der Waals surface area (Å²) in [6, 6.07) is -0.306. The summed E-state index contributed by atoms with van der Waals surface area (Å²) in [6.07, 6.45) is 2.05. The molecular formula is C4H7N2O2+. The van der Waals surface area contributed by atoms with Crippen molar-refractivity contribution >= 4 is 6.21 Å². The Labute approximate surface area is 46.4 Å². The number of rotatable bonds is 1. The minimum absolute atomic E-state index is 0.306. The molecule has 0 aliphatic carbocycles. The van der Waals surface area contributed by atoms with E-state index in [4.69, 9.17) is 5.21 Å². The Morgan fingerprint density at radius 2 is 2.62 bits per heavy atom. The number of nitroso groups, excluding NO2 is 1. The van der Waals surface area contributed by atoms with Crippen molar-refractivity contribution in [3.8, 4) is 0 Å². The predicted molar refractivity (Wildman–Crippen MR) is 27.2 cm³/mol. The molecular weight excluding hydrogens is 108 g/mol. The van der Waals surface area contributed by atoms with E-state index in [9.17, 15) is 4.91 Å². The van der Waals surface area contributed by atoms with Gasteiger partial charge in [0.1, 0.15) is 0 Å². The lowest BCUT2D eigenvalue weighted by molar-refractivity contribution is -0.766. The lowest BCUT2D eigenvalue weighted by Gasteiger charge is -1.78. The van der Waals surface area contributed by atoms with Gasteiger partial charge in [0.25, 0.3) is 0 Å². The van der Waals surface area contributed by atoms with E-state index in [0.29, 0.717) is 13.0 Å². The molecule has 1 rings (SSSR count). The fourth-order valence-electron chi connectivity index (χ4n) is 0.692. The summed E-state index contributed by atoms with van der Waals surface area (Å²) in [7, 11) is 0. The van der Waals surface area contributed by atoms with Crippen LogP contribution in [0.4, 0.5) is 0 Å². The topological polar surface area (TPSA) is 52.7 Å². The Balaban J connectivity index is 2.53. The van der Waals surface area contributed by atoms with Crippen LogP contribution in [0.25, 0.3) is 0 Å². The minimum Gasteiger partial charge on any atom is -0.291 e. The van der Waals surface area contributed by atoms with E-state index < -0.39 is 0 Å². The highest BCUT2D eigenvalue weighted by molar-refractivity contribution is 5.60. The third kappa shape index (κ3) is 0.828. The highest BCUT2D eigenvalue weighted by atomic mass is 16.5. The van der Waals surface area contributed by atoms with Crippen molar-refractivity contribution in [3.63, 3.8) is 0 Å². The van der Waals surface area contributed by atoms with Gasteiger partial charge in [-0.2, -0.15) is 0 Å². The van der Waals surface area contributed by atoms with Crippen LogP contribution in [0.3, 0.4) is 0 Å². The first kappa shape index (κ1) is 5.21. The molecule has 0 amide bonds. The fourth-order valence-corrected chi connectivity index (χ4v) is 0.692. The molecule has 1 N–H and O–H groups in total. The average Bonchev–Trinajstić information content (AvgIpc) is 2.14. The predicted octanol–water partition coefficient (Wildman–Crippen LogP) is -0.00240. The zero-order valence-corrected chi connectivity index (χ0v) is 4.32. The van der Waals surface area contributed by atoms with Crippen LogP contribution in [0.2, 0.25) is 0 Å². The molecule has 0 saturated carbocycles. The molecule has 0 saturated heterocycles. The molecule has 0 aromatic heterocycles. The van der Waals surface area contributed by atoms with Crippen molar-refractivity contribution in [1.29, 1.82) is 0 Å². The smallest absolute Gasteiger partial charge is 0.220 e. The molecule has 0 bridgehead atoms. The Hall–Kier alpha value is -0.930. The van der Waals surface area contributed by atoms with E-state index in [1.54, 1.807) is 0 Å². The Morgan fingerprint density at radius 3 is 2.88 bits per heavy atom. The third-order valence-electron chi connectivity index (χ3n) is 1.13. The van der Waals surface area contributed by atoms with Crippen molar-refractivity contribution in [2.75, 3.05) is 6.54 Å². The van der Waals surface area contributed by atoms with E-state index >= 15 is 0 Å². The van der Waals surface area contributed by atoms with E-state index in [1.807, 2.05) is 0 Å². The molecule has 0 aromatic rings. The highest BCUT2D eigenvalue weighted by Crippen LogP contribution is 1.99. The molecule has 4 heteroatoms. The first-order valence-electron chi connectivity index (χ1n) is 2.46. The molecule has 0 aromatic carbocycles. The molecule has 0 spiro atoms. The van der Waals surface area contributed by atoms with Crippen molar-refractivity contribution in [1.82, 2.24) is 0 Å². The third-order valence-corrected chi connectivity index (χ3v) is 1.13. The number of hydrogen-bond acceptors (Lipinski definition) is 3. The Morgan fingerprint density at radius 1 is 1.88 bits per heavy atom. The molecule has 1 unspecified atom stereocenters. The van der Waals surface area contributed by atoms with Crippen LogP contribution in [0, 0.1) is 4.91 Å². The van der Waals surface area contributed by atoms with Gasteiger partial charge in [-0.05, 0) is 4.74 Å². The second-order valence-corrected chi connectivity index (χ2v) is 1.77. The zero-order chi connectivity index (χ0) is 5.98. The monoisotopic (exact) mass is 115 g/mol. The first-order valence-corrected chi connectivity index (χ1v) is 2.46. The second-order valence-electron chi connectivity index (χ2n) is 1.77. The largest absolute Gasteiger partial charge is 0.291 e. The van der Waals surface area contributed by atoms with Gasteiger partial charge in [0.05, 0.1) is 0 Å². The highest BCUT2D eigenvalue weighted by Gasteiger charge is 2.22. The molecule has 1 heterocycles. The first-order chi connectivity index (χ1) is 3.83. The van der Waals surface area contributed by atoms with Gasteiger partial charge < -0.3 is 0 Å². The molecule has 1 aliphatic rings. The van der Waals surface area contributed by atoms with Gasteiger partial charge in [-0.15, -0.1) is 4.91 Å². The number of hydrogen-bond donors (Lipinski definition) is 1. The van der Waals surface area contributed by atoms with Crippen molar-refractivity contribution in [3.05, 3.63) is 4.91 Å². The molecule has 4 nitrogen and oxygen atoms in total. The Kier molecular flexibility index (Phi) is 1.24. The summed E-state index contributed by atoms with van der Waals surface area (Å²) in [6.45, 7) is 0.524. The van der Waals surface area contributed by atoms with Crippen LogP contribution >= 0.6 is 0 Å². The molecule has 1 atom stereocenters. The normalized spacial score (nSPS) is 27.5. The zero-order valence-electron chi connectivity index (χ0n) is 4.32. The maximum absolute atomic E-state index is 9.73. The van der Waals surface area contributed by atoms with Gasteiger partial charge >= 0.3 is 0 Å². The van der Waals surface area contributed by atoms with Gasteiger partial charge in [-0.3, -0.25) is 5.21 Å². The van der Waals surface area contributed by atoms with Crippen molar-refractivity contribution in [2.45, 2.75) is 12.5 Å². The van der Waals surface area contributed by atoms with Gasteiger partial charge in [-0.1, -0.05) is 5.18 Å². The van der Waals surface area contributed by atoms with E-state index in [-0.39, 0.29) is 6.04 Å². The van der Waals surface area contributed by atoms with Crippen LogP contribution in [-0.2, 0) is 0 Å². The summed E-state index contributed by atoms with van der Waals surface area (Å²) >= 11 is 0. The van der Waals surface area contributed by atoms with E-state index in [2.05, 4.69) is 5.18 Å². The van der Waals surface area contributed by atoms with Gasteiger partial charge in [-0.25, -0.2) is 0 Å². The quantitative estimate of drug-likeness (QED) is 0.297. The van der Waals surface area contributed by atoms with Crippen LogP contribution < -0.4 is 0 Å². The van der Waals surface area contributed by atoms with Gasteiger partial charge in [0, 0.05) is 6.42 Å². The summed E-state index contributed by atoms with van der Waals surface area (Å²) in [5.41, 5.74) is 0. The number of hydroxylamine groups is 1. The summed E-state index contributed by atoms with van der Waals surface area (Å²) in [5.74, 6) is 0. The lowest BCUT2D eigenvalue weighted by atomic mass is 10.3. The van der Waals surface area contributed by atoms with Gasteiger partial charge in [0.2, 0.25) is 6.21 Å². The Bertz CT molecular complexity index is 132. The molecule has 44 valence electrons. The molecule has 1 aliphatic heterocycles. The average molecular weight is 115 g/mol. The fraction of sp³-hybridized carbons (Fsp3) is 0.750. The minimum atomic E-state index is -0.306. The van der Waals surface area contributed by atoms with Crippen LogP contribution in [0.1, 0.15) is 6.42 Å². The van der Waals surface area contributed by atoms with Crippen LogP contribution in [0.15, 0.2) is 5.18 Å². The molecule has 0 fully saturated rings. The molecule has 0 radical (unpaired) electrons. The second kappa shape index (κ2) is 1.90. The number of nitrogens with zero attached hydrogens (tertiary/aromatic N) is 2. The standard InChI is InChI=1S/C4H7N2O2/c7-5-4-1-2-6(8)3-4/h3-4,8H,1-2H2/q+1. The lowest BCUT2D eigenvalue weighted by Crippen LogP contribution is -2.00. The summed E-state index contributed by atoms with van der Waals surface area (Å²) in [5, 5.41) is 11.3. The van der Waals surface area contributed by atoms with Crippen molar-refractivity contribution < 1.29 is 9.95 Å². The van der Waals surface area contributed by atoms with Crippen molar-refractivity contribution in [2.24, 2.45) is 5.18 Å². The maximum atomic E-state index is 9.73. The van der Waals surface area contributed by atoms with Crippen LogP contribution in [-0.4, -0.2) is 28.7 Å².